The smallest absolute Gasteiger partial charge is 0.294 e. The Bertz CT molecular complexity index is 974. The molecule has 2 rings (SSSR count). The summed E-state index contributed by atoms with van der Waals surface area (Å²) in [5.74, 6) is 0. The van der Waals surface area contributed by atoms with Gasteiger partial charge in [-0.3, -0.25) is 8.86 Å². The molecule has 0 amide bonds. The second kappa shape index (κ2) is 6.60. The summed E-state index contributed by atoms with van der Waals surface area (Å²) in [6.07, 6.45) is 0. The van der Waals surface area contributed by atoms with Crippen LogP contribution in [0, 0.1) is 0 Å². The van der Waals surface area contributed by atoms with Crippen molar-refractivity contribution < 1.29 is 21.4 Å². The fraction of sp³-hybridized carbons (Fsp3) is 0.143. The van der Waals surface area contributed by atoms with Crippen LogP contribution in [0.15, 0.2) is 52.3 Å². The number of nitrogens with two attached hydrogens (primary N) is 1. The van der Waals surface area contributed by atoms with Gasteiger partial charge in [-0.2, -0.15) is 8.42 Å². The van der Waals surface area contributed by atoms with Crippen LogP contribution in [0.2, 0.25) is 5.02 Å². The van der Waals surface area contributed by atoms with Crippen molar-refractivity contribution in [1.82, 2.24) is 0 Å². The van der Waals surface area contributed by atoms with Crippen LogP contribution in [-0.4, -0.2) is 27.9 Å². The number of benzene rings is 2. The number of nitrogen functional groups attached to an aromatic ring is 1. The standard InChI is InChI=1S/C14H15ClN2O5S2/c1-2-17(10-4-3-5-12(8-10)24(20,21)22)23(18,19)11-6-7-14(16)13(15)9-11/h3-9H,2,16H2,1H3,(H,20,21,22). The number of halogens is 1. The van der Waals surface area contributed by atoms with E-state index in [9.17, 15) is 16.8 Å². The molecule has 0 heterocycles. The zero-order valence-electron chi connectivity index (χ0n) is 12.5. The molecular weight excluding hydrogens is 376 g/mol. The zero-order chi connectivity index (χ0) is 18.1. The first kappa shape index (κ1) is 18.5. The van der Waals surface area contributed by atoms with Gasteiger partial charge in [-0.1, -0.05) is 17.7 Å². The second-order valence-electron chi connectivity index (χ2n) is 4.83. The van der Waals surface area contributed by atoms with Gasteiger partial charge in [-0.05, 0) is 43.3 Å². The highest BCUT2D eigenvalue weighted by molar-refractivity contribution is 7.92. The molecule has 130 valence electrons. The molecule has 0 aliphatic heterocycles. The first-order valence-corrected chi connectivity index (χ1v) is 9.98. The maximum absolute atomic E-state index is 12.8. The first-order chi connectivity index (χ1) is 11.1. The Kier molecular flexibility index (Phi) is 5.09. The summed E-state index contributed by atoms with van der Waals surface area (Å²) in [6.45, 7) is 1.63. The molecule has 0 atom stereocenters. The highest BCUT2D eigenvalue weighted by Crippen LogP contribution is 2.28. The molecule has 3 N–H and O–H groups in total. The zero-order valence-corrected chi connectivity index (χ0v) is 14.9. The second-order valence-corrected chi connectivity index (χ2v) is 8.52. The fourth-order valence-electron chi connectivity index (χ4n) is 2.09. The van der Waals surface area contributed by atoms with E-state index in [-0.39, 0.29) is 27.8 Å². The summed E-state index contributed by atoms with van der Waals surface area (Å²) in [5, 5.41) is 0.0961. The Morgan fingerprint density at radius 2 is 1.75 bits per heavy atom. The minimum atomic E-state index is -4.45. The molecule has 0 unspecified atom stereocenters. The molecule has 24 heavy (non-hydrogen) atoms. The molecule has 0 aromatic heterocycles. The Morgan fingerprint density at radius 1 is 1.08 bits per heavy atom. The molecular formula is C14H15ClN2O5S2. The lowest BCUT2D eigenvalue weighted by Gasteiger charge is -2.23. The van der Waals surface area contributed by atoms with Crippen LogP contribution in [0.4, 0.5) is 11.4 Å². The predicted octanol–water partition coefficient (Wildman–Crippen LogP) is 2.38. The van der Waals surface area contributed by atoms with E-state index in [0.717, 1.165) is 10.4 Å². The maximum atomic E-state index is 12.8. The molecule has 0 aliphatic carbocycles. The Morgan fingerprint density at radius 3 is 2.29 bits per heavy atom. The van der Waals surface area contributed by atoms with E-state index >= 15 is 0 Å². The SMILES string of the molecule is CCN(c1cccc(S(=O)(=O)O)c1)S(=O)(=O)c1ccc(N)c(Cl)c1. The molecule has 7 nitrogen and oxygen atoms in total. The van der Waals surface area contributed by atoms with Gasteiger partial charge in [0, 0.05) is 6.54 Å². The average molecular weight is 391 g/mol. The van der Waals surface area contributed by atoms with Crippen LogP contribution in [0.3, 0.4) is 0 Å². The van der Waals surface area contributed by atoms with E-state index in [0.29, 0.717) is 0 Å². The van der Waals surface area contributed by atoms with Gasteiger partial charge in [0.15, 0.2) is 0 Å². The number of rotatable bonds is 5. The fourth-order valence-corrected chi connectivity index (χ4v) is 4.34. The van der Waals surface area contributed by atoms with Crippen molar-refractivity contribution in [2.75, 3.05) is 16.6 Å². The molecule has 0 spiro atoms. The van der Waals surface area contributed by atoms with Crippen LogP contribution in [0.5, 0.6) is 0 Å². The molecule has 2 aromatic rings. The van der Waals surface area contributed by atoms with Crippen molar-refractivity contribution in [1.29, 1.82) is 0 Å². The van der Waals surface area contributed by atoms with E-state index in [1.165, 1.54) is 36.4 Å². The summed E-state index contributed by atoms with van der Waals surface area (Å²) in [7, 11) is -8.44. The van der Waals surface area contributed by atoms with Gasteiger partial charge >= 0.3 is 0 Å². The Hall–Kier alpha value is -1.81. The highest BCUT2D eigenvalue weighted by Gasteiger charge is 2.25. The minimum Gasteiger partial charge on any atom is -0.398 e. The van der Waals surface area contributed by atoms with E-state index in [1.54, 1.807) is 6.92 Å². The van der Waals surface area contributed by atoms with Crippen LogP contribution in [0.25, 0.3) is 0 Å². The topological polar surface area (TPSA) is 118 Å². The average Bonchev–Trinajstić information content (AvgIpc) is 2.50. The van der Waals surface area contributed by atoms with Gasteiger partial charge < -0.3 is 5.73 Å². The summed E-state index contributed by atoms with van der Waals surface area (Å²) < 4.78 is 58.2. The van der Waals surface area contributed by atoms with Crippen molar-refractivity contribution >= 4 is 43.1 Å². The quantitative estimate of drug-likeness (QED) is 0.597. The van der Waals surface area contributed by atoms with Crippen molar-refractivity contribution in [3.8, 4) is 0 Å². The number of hydrogen-bond donors (Lipinski definition) is 2. The van der Waals surface area contributed by atoms with Gasteiger partial charge in [0.25, 0.3) is 20.1 Å². The van der Waals surface area contributed by atoms with Crippen LogP contribution in [0.1, 0.15) is 6.92 Å². The number of anilines is 2. The summed E-state index contributed by atoms with van der Waals surface area (Å²) >= 11 is 5.88. The third-order valence-corrected chi connectivity index (χ3v) is 6.33. The molecule has 0 fully saturated rings. The van der Waals surface area contributed by atoms with Gasteiger partial charge in [0.1, 0.15) is 0 Å². The minimum absolute atomic E-state index is 0.0409. The summed E-state index contributed by atoms with van der Waals surface area (Å²) in [6, 6.07) is 8.92. The lowest BCUT2D eigenvalue weighted by atomic mass is 10.3. The molecule has 0 saturated heterocycles. The summed E-state index contributed by atoms with van der Waals surface area (Å²) in [5.41, 5.74) is 5.92. The van der Waals surface area contributed by atoms with Crippen molar-refractivity contribution in [3.05, 3.63) is 47.5 Å². The van der Waals surface area contributed by atoms with E-state index in [4.69, 9.17) is 21.9 Å². The van der Waals surface area contributed by atoms with Crippen molar-refractivity contribution in [2.24, 2.45) is 0 Å². The van der Waals surface area contributed by atoms with Crippen molar-refractivity contribution in [3.63, 3.8) is 0 Å². The third-order valence-electron chi connectivity index (χ3n) is 3.25. The van der Waals surface area contributed by atoms with E-state index < -0.39 is 25.0 Å². The van der Waals surface area contributed by atoms with Crippen molar-refractivity contribution in [2.45, 2.75) is 16.7 Å². The molecule has 10 heteroatoms. The van der Waals surface area contributed by atoms with Crippen LogP contribution >= 0.6 is 11.6 Å². The van der Waals surface area contributed by atoms with Crippen LogP contribution < -0.4 is 10.0 Å². The van der Waals surface area contributed by atoms with Gasteiger partial charge in [-0.15, -0.1) is 0 Å². The predicted molar refractivity (Wildman–Crippen MR) is 92.3 cm³/mol. The molecule has 0 saturated carbocycles. The monoisotopic (exact) mass is 390 g/mol. The van der Waals surface area contributed by atoms with Gasteiger partial charge in [0.2, 0.25) is 0 Å². The van der Waals surface area contributed by atoms with E-state index in [2.05, 4.69) is 0 Å². The largest absolute Gasteiger partial charge is 0.398 e. The Balaban J connectivity index is 2.57. The lowest BCUT2D eigenvalue weighted by molar-refractivity contribution is 0.483. The number of nitrogens with zero attached hydrogens (tertiary/aromatic N) is 1. The molecule has 0 aliphatic rings. The maximum Gasteiger partial charge on any atom is 0.294 e. The van der Waals surface area contributed by atoms with Gasteiger partial charge in [-0.25, -0.2) is 8.42 Å². The van der Waals surface area contributed by atoms with Crippen LogP contribution in [-0.2, 0) is 20.1 Å². The first-order valence-electron chi connectivity index (χ1n) is 6.72. The molecule has 0 bridgehead atoms. The molecule has 0 radical (unpaired) electrons. The number of hydrogen-bond acceptors (Lipinski definition) is 5. The number of sulfonamides is 1. The van der Waals surface area contributed by atoms with E-state index in [1.807, 2.05) is 0 Å². The van der Waals surface area contributed by atoms with Gasteiger partial charge in [0.05, 0.1) is 26.2 Å². The Labute approximate surface area is 145 Å². The molecule has 2 aromatic carbocycles. The normalized spacial score (nSPS) is 12.1. The third kappa shape index (κ3) is 3.64. The summed E-state index contributed by atoms with van der Waals surface area (Å²) in [4.78, 5) is -0.482. The highest BCUT2D eigenvalue weighted by atomic mass is 35.5. The lowest BCUT2D eigenvalue weighted by Crippen LogP contribution is -2.31.